The molecule has 0 saturated heterocycles. The molecule has 0 unspecified atom stereocenters. The van der Waals surface area contributed by atoms with E-state index in [-0.39, 0.29) is 0 Å². The fourth-order valence-electron chi connectivity index (χ4n) is 1.35. The maximum absolute atomic E-state index is 5.38. The highest BCUT2D eigenvalue weighted by molar-refractivity contribution is 9.10. The van der Waals surface area contributed by atoms with Gasteiger partial charge in [-0.2, -0.15) is 0 Å². The van der Waals surface area contributed by atoms with Crippen LogP contribution in [0.4, 0.5) is 0 Å². The first kappa shape index (κ1) is 10.1. The summed E-state index contributed by atoms with van der Waals surface area (Å²) in [5.74, 6) is 0. The minimum atomic E-state index is 0.724. The van der Waals surface area contributed by atoms with Crippen LogP contribution in [-0.4, -0.2) is 6.61 Å². The van der Waals surface area contributed by atoms with Crippen molar-refractivity contribution in [2.45, 2.75) is 13.5 Å². The SMILES string of the molecule is CCOCc1cc2cccc(Br)c2s1. The summed E-state index contributed by atoms with van der Waals surface area (Å²) in [7, 11) is 0. The summed E-state index contributed by atoms with van der Waals surface area (Å²) in [6.07, 6.45) is 0. The Kier molecular flexibility index (Phi) is 3.21. The molecule has 1 nitrogen and oxygen atoms in total. The lowest BCUT2D eigenvalue weighted by Gasteiger charge is -1.94. The minimum Gasteiger partial charge on any atom is -0.376 e. The number of fused-ring (bicyclic) bond motifs is 1. The zero-order valence-electron chi connectivity index (χ0n) is 7.92. The van der Waals surface area contributed by atoms with Crippen molar-refractivity contribution in [1.29, 1.82) is 0 Å². The predicted octanol–water partition coefficient (Wildman–Crippen LogP) is 4.20. The standard InChI is InChI=1S/C11H11BrOS/c1-2-13-7-9-6-8-4-3-5-10(12)11(8)14-9/h3-6H,2,7H2,1H3. The van der Waals surface area contributed by atoms with Crippen LogP contribution in [0.15, 0.2) is 28.7 Å². The van der Waals surface area contributed by atoms with Crippen LogP contribution in [0.25, 0.3) is 10.1 Å². The van der Waals surface area contributed by atoms with Gasteiger partial charge in [-0.1, -0.05) is 12.1 Å². The van der Waals surface area contributed by atoms with E-state index in [0.717, 1.165) is 13.2 Å². The summed E-state index contributed by atoms with van der Waals surface area (Å²) in [5, 5.41) is 1.29. The second kappa shape index (κ2) is 4.43. The normalized spacial score (nSPS) is 11.0. The summed E-state index contributed by atoms with van der Waals surface area (Å²) in [5.41, 5.74) is 0. The number of halogens is 1. The maximum Gasteiger partial charge on any atom is 0.0809 e. The van der Waals surface area contributed by atoms with E-state index in [1.165, 1.54) is 19.4 Å². The van der Waals surface area contributed by atoms with Crippen molar-refractivity contribution in [2.75, 3.05) is 6.61 Å². The van der Waals surface area contributed by atoms with Crippen molar-refractivity contribution in [1.82, 2.24) is 0 Å². The quantitative estimate of drug-likeness (QED) is 0.812. The van der Waals surface area contributed by atoms with E-state index in [4.69, 9.17) is 4.74 Å². The zero-order chi connectivity index (χ0) is 9.97. The fraction of sp³-hybridized carbons (Fsp3) is 0.273. The molecule has 3 heteroatoms. The Morgan fingerprint density at radius 3 is 3.00 bits per heavy atom. The van der Waals surface area contributed by atoms with Crippen molar-refractivity contribution in [2.24, 2.45) is 0 Å². The minimum absolute atomic E-state index is 0.724. The molecular weight excluding hydrogens is 260 g/mol. The first-order valence-electron chi connectivity index (χ1n) is 4.56. The van der Waals surface area contributed by atoms with Gasteiger partial charge in [0.2, 0.25) is 0 Å². The highest BCUT2D eigenvalue weighted by atomic mass is 79.9. The van der Waals surface area contributed by atoms with Crippen molar-refractivity contribution >= 4 is 37.4 Å². The van der Waals surface area contributed by atoms with Crippen molar-refractivity contribution in [3.63, 3.8) is 0 Å². The van der Waals surface area contributed by atoms with Gasteiger partial charge in [0, 0.05) is 20.7 Å². The number of hydrogen-bond donors (Lipinski definition) is 0. The monoisotopic (exact) mass is 270 g/mol. The van der Waals surface area contributed by atoms with E-state index in [1.807, 2.05) is 6.92 Å². The van der Waals surface area contributed by atoms with Gasteiger partial charge < -0.3 is 4.74 Å². The van der Waals surface area contributed by atoms with Gasteiger partial charge in [-0.05, 0) is 40.4 Å². The molecule has 0 radical (unpaired) electrons. The second-order valence-electron chi connectivity index (χ2n) is 3.01. The molecule has 2 aromatic rings. The third-order valence-electron chi connectivity index (χ3n) is 2.00. The first-order valence-corrected chi connectivity index (χ1v) is 6.17. The molecule has 1 aromatic carbocycles. The van der Waals surface area contributed by atoms with Crippen LogP contribution in [0.3, 0.4) is 0 Å². The van der Waals surface area contributed by atoms with Gasteiger partial charge in [0.15, 0.2) is 0 Å². The Balaban J connectivity index is 2.36. The lowest BCUT2D eigenvalue weighted by atomic mass is 10.2. The Bertz CT molecular complexity index is 436. The van der Waals surface area contributed by atoms with Crippen LogP contribution in [0, 0.1) is 0 Å². The molecule has 0 aliphatic carbocycles. The van der Waals surface area contributed by atoms with Gasteiger partial charge >= 0.3 is 0 Å². The fourth-order valence-corrected chi connectivity index (χ4v) is 2.98. The van der Waals surface area contributed by atoms with Crippen LogP contribution in [-0.2, 0) is 11.3 Å². The number of thiophene rings is 1. The molecule has 14 heavy (non-hydrogen) atoms. The molecule has 74 valence electrons. The van der Waals surface area contributed by atoms with Crippen molar-refractivity contribution in [3.8, 4) is 0 Å². The van der Waals surface area contributed by atoms with Crippen LogP contribution in [0.1, 0.15) is 11.8 Å². The summed E-state index contributed by atoms with van der Waals surface area (Å²) in [6, 6.07) is 8.46. The third kappa shape index (κ3) is 2.00. The van der Waals surface area contributed by atoms with Gasteiger partial charge in [-0.3, -0.25) is 0 Å². The number of ether oxygens (including phenoxy) is 1. The van der Waals surface area contributed by atoms with Gasteiger partial charge in [-0.15, -0.1) is 11.3 Å². The molecule has 0 N–H and O–H groups in total. The molecule has 2 rings (SSSR count). The van der Waals surface area contributed by atoms with E-state index in [0.29, 0.717) is 0 Å². The Labute approximate surface area is 95.8 Å². The number of hydrogen-bond acceptors (Lipinski definition) is 2. The van der Waals surface area contributed by atoms with E-state index in [1.54, 1.807) is 11.3 Å². The van der Waals surface area contributed by atoms with E-state index in [2.05, 4.69) is 40.2 Å². The molecule has 0 aliphatic heterocycles. The maximum atomic E-state index is 5.38. The predicted molar refractivity (Wildman–Crippen MR) is 64.9 cm³/mol. The molecule has 1 heterocycles. The van der Waals surface area contributed by atoms with Gasteiger partial charge in [0.25, 0.3) is 0 Å². The van der Waals surface area contributed by atoms with Crippen LogP contribution >= 0.6 is 27.3 Å². The van der Waals surface area contributed by atoms with E-state index >= 15 is 0 Å². The first-order chi connectivity index (χ1) is 6.81. The van der Waals surface area contributed by atoms with Crippen LogP contribution < -0.4 is 0 Å². The summed E-state index contributed by atoms with van der Waals surface area (Å²) in [4.78, 5) is 1.29. The molecule has 0 amide bonds. The molecule has 0 aliphatic rings. The summed E-state index contributed by atoms with van der Waals surface area (Å²) >= 11 is 5.34. The smallest absolute Gasteiger partial charge is 0.0809 e. The van der Waals surface area contributed by atoms with E-state index in [9.17, 15) is 0 Å². The lowest BCUT2D eigenvalue weighted by Crippen LogP contribution is -1.87. The third-order valence-corrected chi connectivity index (χ3v) is 4.08. The average molecular weight is 271 g/mol. The molecule has 0 saturated carbocycles. The second-order valence-corrected chi connectivity index (χ2v) is 5.00. The Morgan fingerprint density at radius 1 is 1.43 bits per heavy atom. The topological polar surface area (TPSA) is 9.23 Å². The molecule has 0 spiro atoms. The Morgan fingerprint density at radius 2 is 2.29 bits per heavy atom. The molecule has 0 atom stereocenters. The van der Waals surface area contributed by atoms with Crippen molar-refractivity contribution in [3.05, 3.63) is 33.6 Å². The van der Waals surface area contributed by atoms with Gasteiger partial charge in [0.1, 0.15) is 0 Å². The van der Waals surface area contributed by atoms with Crippen LogP contribution in [0.2, 0.25) is 0 Å². The van der Waals surface area contributed by atoms with E-state index < -0.39 is 0 Å². The molecule has 0 bridgehead atoms. The molecular formula is C11H11BrOS. The highest BCUT2D eigenvalue weighted by Gasteiger charge is 2.03. The number of benzene rings is 1. The highest BCUT2D eigenvalue weighted by Crippen LogP contribution is 2.32. The largest absolute Gasteiger partial charge is 0.376 e. The average Bonchev–Trinajstić information content (AvgIpc) is 2.59. The van der Waals surface area contributed by atoms with Crippen molar-refractivity contribution < 1.29 is 4.74 Å². The molecule has 0 fully saturated rings. The van der Waals surface area contributed by atoms with Gasteiger partial charge in [0.05, 0.1) is 6.61 Å². The summed E-state index contributed by atoms with van der Waals surface area (Å²) in [6.45, 7) is 3.51. The zero-order valence-corrected chi connectivity index (χ0v) is 10.3. The molecule has 1 aromatic heterocycles. The lowest BCUT2D eigenvalue weighted by molar-refractivity contribution is 0.136. The summed E-state index contributed by atoms with van der Waals surface area (Å²) < 4.78 is 7.86. The number of rotatable bonds is 3. The van der Waals surface area contributed by atoms with Crippen LogP contribution in [0.5, 0.6) is 0 Å². The van der Waals surface area contributed by atoms with Gasteiger partial charge in [-0.25, -0.2) is 0 Å². The Hall–Kier alpha value is -0.380.